The van der Waals surface area contributed by atoms with Gasteiger partial charge in [-0.1, -0.05) is 47.2 Å². The van der Waals surface area contributed by atoms with Gasteiger partial charge in [0.1, 0.15) is 18.2 Å². The molecule has 48 heavy (non-hydrogen) atoms. The van der Waals surface area contributed by atoms with Crippen LogP contribution in [-0.4, -0.2) is 43.4 Å². The van der Waals surface area contributed by atoms with Crippen molar-refractivity contribution in [1.82, 2.24) is 4.57 Å². The molecule has 10 nitrogen and oxygen atoms in total. The van der Waals surface area contributed by atoms with Crippen molar-refractivity contribution in [1.29, 1.82) is 0 Å². The average molecular weight is 695 g/mol. The highest BCUT2D eigenvalue weighted by Gasteiger charge is 2.34. The molecule has 250 valence electrons. The van der Waals surface area contributed by atoms with E-state index in [1.54, 1.807) is 81.4 Å². The zero-order chi connectivity index (χ0) is 34.4. The molecule has 3 aromatic carbocycles. The zero-order valence-electron chi connectivity index (χ0n) is 26.6. The van der Waals surface area contributed by atoms with E-state index in [1.807, 2.05) is 0 Å². The number of ether oxygens (including phenoxy) is 5. The van der Waals surface area contributed by atoms with E-state index in [2.05, 4.69) is 9.73 Å². The van der Waals surface area contributed by atoms with Gasteiger partial charge in [-0.05, 0) is 68.8 Å². The molecule has 1 aliphatic rings. The lowest BCUT2D eigenvalue weighted by Crippen LogP contribution is -2.40. The van der Waals surface area contributed by atoms with Crippen LogP contribution in [0.3, 0.4) is 0 Å². The predicted octanol–water partition coefficient (Wildman–Crippen LogP) is 5.12. The number of rotatable bonds is 12. The van der Waals surface area contributed by atoms with E-state index in [4.69, 9.17) is 30.5 Å². The van der Waals surface area contributed by atoms with Gasteiger partial charge < -0.3 is 23.7 Å². The maximum atomic E-state index is 14.3. The number of nitrogens with zero attached hydrogens (tertiary/aromatic N) is 2. The van der Waals surface area contributed by atoms with E-state index in [9.17, 15) is 18.8 Å². The Balaban J connectivity index is 1.62. The lowest BCUT2D eigenvalue weighted by Gasteiger charge is -2.25. The summed E-state index contributed by atoms with van der Waals surface area (Å²) in [7, 11) is 1.26. The third-order valence-corrected chi connectivity index (χ3v) is 8.49. The minimum absolute atomic E-state index is 0.0417. The van der Waals surface area contributed by atoms with Crippen molar-refractivity contribution in [2.45, 2.75) is 33.4 Å². The molecule has 5 rings (SSSR count). The molecule has 0 N–H and O–H groups in total. The Labute approximate surface area is 284 Å². The van der Waals surface area contributed by atoms with Crippen molar-refractivity contribution in [3.63, 3.8) is 0 Å². The molecule has 0 saturated carbocycles. The smallest absolute Gasteiger partial charge is 0.343 e. The van der Waals surface area contributed by atoms with Crippen LogP contribution in [0.1, 0.15) is 43.5 Å². The summed E-state index contributed by atoms with van der Waals surface area (Å²) in [5.74, 6) is -0.630. The summed E-state index contributed by atoms with van der Waals surface area (Å²) in [5, 5.41) is 0.406. The van der Waals surface area contributed by atoms with E-state index >= 15 is 0 Å². The van der Waals surface area contributed by atoms with Crippen molar-refractivity contribution in [2.75, 3.05) is 26.9 Å². The molecule has 0 aliphatic carbocycles. The molecule has 0 unspecified atom stereocenters. The summed E-state index contributed by atoms with van der Waals surface area (Å²) in [6, 6.07) is 15.2. The van der Waals surface area contributed by atoms with E-state index < -0.39 is 29.4 Å². The van der Waals surface area contributed by atoms with Crippen LogP contribution in [0.5, 0.6) is 17.2 Å². The van der Waals surface area contributed by atoms with Crippen LogP contribution in [0, 0.1) is 5.82 Å². The van der Waals surface area contributed by atoms with Crippen molar-refractivity contribution < 1.29 is 37.7 Å². The molecule has 0 amide bonds. The number of esters is 2. The number of fused-ring (bicyclic) bond motifs is 1. The molecule has 1 aromatic heterocycles. The highest BCUT2D eigenvalue weighted by atomic mass is 35.5. The Morgan fingerprint density at radius 1 is 1.00 bits per heavy atom. The molecule has 1 aliphatic heterocycles. The van der Waals surface area contributed by atoms with Gasteiger partial charge in [0.05, 0.1) is 42.2 Å². The minimum Gasteiger partial charge on any atom is -0.490 e. The second-order valence-electron chi connectivity index (χ2n) is 10.4. The molecular weight excluding hydrogens is 663 g/mol. The van der Waals surface area contributed by atoms with Crippen molar-refractivity contribution >= 4 is 41.0 Å². The largest absolute Gasteiger partial charge is 0.490 e. The standard InChI is InChI=1S/C35H32ClFN2O8S/c1-5-44-28-16-21(11-13-27(28)47-19-30(40)43-4)32-31(34(42)45-6-2)20(3)38-35-39(32)33(41)29(48-35)17-23-15-24(36)12-14-26(23)46-18-22-9-7-8-10-25(22)37/h7-17,32H,5-6,18-19H2,1-4H3/b29-17+/t32-/m1/s1. The monoisotopic (exact) mass is 694 g/mol. The van der Waals surface area contributed by atoms with E-state index in [1.165, 1.54) is 17.7 Å². The van der Waals surface area contributed by atoms with Gasteiger partial charge >= 0.3 is 11.9 Å². The van der Waals surface area contributed by atoms with E-state index in [0.29, 0.717) is 43.7 Å². The first-order valence-corrected chi connectivity index (χ1v) is 16.2. The van der Waals surface area contributed by atoms with Crippen LogP contribution < -0.4 is 29.1 Å². The quantitative estimate of drug-likeness (QED) is 0.188. The number of hydrogen-bond donors (Lipinski definition) is 0. The van der Waals surface area contributed by atoms with Gasteiger partial charge in [0.25, 0.3) is 5.56 Å². The van der Waals surface area contributed by atoms with E-state index in [0.717, 1.165) is 11.3 Å². The minimum atomic E-state index is -0.938. The Kier molecular flexibility index (Phi) is 11.0. The second kappa shape index (κ2) is 15.3. The molecule has 2 heterocycles. The van der Waals surface area contributed by atoms with Gasteiger partial charge in [-0.25, -0.2) is 19.0 Å². The summed E-state index contributed by atoms with van der Waals surface area (Å²) in [5.41, 5.74) is 1.51. The van der Waals surface area contributed by atoms with Gasteiger partial charge in [0, 0.05) is 16.1 Å². The van der Waals surface area contributed by atoms with Crippen LogP contribution in [0.4, 0.5) is 4.39 Å². The van der Waals surface area contributed by atoms with Crippen LogP contribution >= 0.6 is 22.9 Å². The summed E-state index contributed by atoms with van der Waals surface area (Å²) in [4.78, 5) is 44.3. The molecule has 0 saturated heterocycles. The lowest BCUT2D eigenvalue weighted by atomic mass is 9.95. The Morgan fingerprint density at radius 3 is 2.50 bits per heavy atom. The molecule has 0 bridgehead atoms. The van der Waals surface area contributed by atoms with Crippen LogP contribution in [-0.2, 0) is 25.7 Å². The number of carbonyl (C=O) groups excluding carboxylic acids is 2. The first kappa shape index (κ1) is 34.4. The fourth-order valence-electron chi connectivity index (χ4n) is 5.06. The number of methoxy groups -OCH3 is 1. The second-order valence-corrected chi connectivity index (χ2v) is 11.8. The SMILES string of the molecule is CCOC(=O)C1=C(C)N=c2s/c(=C/c3cc(Cl)ccc3OCc3ccccc3F)c(=O)n2[C@@H]1c1ccc(OCC(=O)OC)c(OCC)c1. The third-order valence-electron chi connectivity index (χ3n) is 7.27. The number of hydrogen-bond acceptors (Lipinski definition) is 10. The molecule has 0 spiro atoms. The number of benzene rings is 3. The summed E-state index contributed by atoms with van der Waals surface area (Å²) < 4.78 is 43.5. The van der Waals surface area contributed by atoms with Crippen LogP contribution in [0.25, 0.3) is 6.08 Å². The van der Waals surface area contributed by atoms with E-state index in [-0.39, 0.29) is 42.3 Å². The molecule has 0 radical (unpaired) electrons. The number of thiazole rings is 1. The van der Waals surface area contributed by atoms with Crippen molar-refractivity contribution in [3.8, 4) is 17.2 Å². The first-order chi connectivity index (χ1) is 23.1. The average Bonchev–Trinajstić information content (AvgIpc) is 3.37. The van der Waals surface area contributed by atoms with Crippen molar-refractivity contribution in [2.24, 2.45) is 4.99 Å². The molecule has 1 atom stereocenters. The van der Waals surface area contributed by atoms with Gasteiger partial charge in [-0.15, -0.1) is 0 Å². The predicted molar refractivity (Wildman–Crippen MR) is 178 cm³/mol. The Bertz CT molecular complexity index is 2070. The maximum absolute atomic E-state index is 14.3. The van der Waals surface area contributed by atoms with Crippen LogP contribution in [0.15, 0.2) is 81.7 Å². The molecule has 0 fully saturated rings. The van der Waals surface area contributed by atoms with Gasteiger partial charge in [0.15, 0.2) is 22.9 Å². The summed E-state index contributed by atoms with van der Waals surface area (Å²) >= 11 is 7.46. The topological polar surface area (TPSA) is 115 Å². The van der Waals surface area contributed by atoms with Gasteiger partial charge in [-0.2, -0.15) is 0 Å². The van der Waals surface area contributed by atoms with Crippen LogP contribution in [0.2, 0.25) is 5.02 Å². The Morgan fingerprint density at radius 2 is 1.77 bits per heavy atom. The lowest BCUT2D eigenvalue weighted by molar-refractivity contribution is -0.143. The highest BCUT2D eigenvalue weighted by molar-refractivity contribution is 7.07. The number of halogens is 2. The molecule has 4 aromatic rings. The van der Waals surface area contributed by atoms with Crippen molar-refractivity contribution in [3.05, 3.63) is 119 Å². The summed E-state index contributed by atoms with van der Waals surface area (Å²) in [6.45, 7) is 5.17. The number of allylic oxidation sites excluding steroid dienone is 1. The molecular formula is C35H32ClFN2O8S. The number of aromatic nitrogens is 1. The normalized spacial score (nSPS) is 14.2. The fraction of sp³-hybridized carbons (Fsp3) is 0.257. The molecule has 13 heteroatoms. The fourth-order valence-corrected chi connectivity index (χ4v) is 6.28. The van der Waals surface area contributed by atoms with Gasteiger partial charge in [0.2, 0.25) is 0 Å². The zero-order valence-corrected chi connectivity index (χ0v) is 28.2. The maximum Gasteiger partial charge on any atom is 0.343 e. The third kappa shape index (κ3) is 7.45. The first-order valence-electron chi connectivity index (χ1n) is 15.0. The summed E-state index contributed by atoms with van der Waals surface area (Å²) in [6.07, 6.45) is 1.63. The highest BCUT2D eigenvalue weighted by Crippen LogP contribution is 2.36. The number of carbonyl (C=O) groups is 2. The Hall–Kier alpha value is -4.94. The van der Waals surface area contributed by atoms with Gasteiger partial charge in [-0.3, -0.25) is 9.36 Å².